The number of amides is 2. The first-order valence-corrected chi connectivity index (χ1v) is 9.81. The van der Waals surface area contributed by atoms with Crippen molar-refractivity contribution in [2.45, 2.75) is 26.8 Å². The number of hydrogen-bond donors (Lipinski definition) is 2. The quantitative estimate of drug-likeness (QED) is 0.620. The molecule has 0 fully saturated rings. The SMILES string of the molecule is CCc1cc(C(=O)NCc2cccc(NC(=O)c3cccc(F)c3)c2)sc1C. The van der Waals surface area contributed by atoms with Crippen LogP contribution in [-0.2, 0) is 13.0 Å². The van der Waals surface area contributed by atoms with Gasteiger partial charge in [0.2, 0.25) is 0 Å². The van der Waals surface area contributed by atoms with Crippen LogP contribution in [0.15, 0.2) is 54.6 Å². The molecule has 28 heavy (non-hydrogen) atoms. The van der Waals surface area contributed by atoms with Crippen LogP contribution in [0, 0.1) is 12.7 Å². The summed E-state index contributed by atoms with van der Waals surface area (Å²) in [4.78, 5) is 26.5. The van der Waals surface area contributed by atoms with E-state index < -0.39 is 5.82 Å². The normalized spacial score (nSPS) is 10.5. The Balaban J connectivity index is 1.63. The van der Waals surface area contributed by atoms with Crippen LogP contribution in [-0.4, -0.2) is 11.8 Å². The molecule has 0 saturated carbocycles. The zero-order valence-electron chi connectivity index (χ0n) is 15.7. The number of rotatable bonds is 6. The van der Waals surface area contributed by atoms with Gasteiger partial charge in [-0.15, -0.1) is 11.3 Å². The molecule has 0 radical (unpaired) electrons. The van der Waals surface area contributed by atoms with Gasteiger partial charge in [0.15, 0.2) is 0 Å². The van der Waals surface area contributed by atoms with E-state index in [1.165, 1.54) is 35.1 Å². The van der Waals surface area contributed by atoms with E-state index in [1.54, 1.807) is 24.3 Å². The summed E-state index contributed by atoms with van der Waals surface area (Å²) in [7, 11) is 0. The highest BCUT2D eigenvalue weighted by Crippen LogP contribution is 2.22. The molecule has 0 saturated heterocycles. The number of thiophene rings is 1. The van der Waals surface area contributed by atoms with Gasteiger partial charge in [-0.1, -0.05) is 25.1 Å². The molecule has 3 aromatic rings. The van der Waals surface area contributed by atoms with Gasteiger partial charge in [0.05, 0.1) is 4.88 Å². The third kappa shape index (κ3) is 4.84. The van der Waals surface area contributed by atoms with Crippen LogP contribution in [0.1, 0.15) is 43.0 Å². The van der Waals surface area contributed by atoms with E-state index >= 15 is 0 Å². The maximum Gasteiger partial charge on any atom is 0.261 e. The number of nitrogens with one attached hydrogen (secondary N) is 2. The Morgan fingerprint density at radius 3 is 2.54 bits per heavy atom. The van der Waals surface area contributed by atoms with Crippen molar-refractivity contribution in [1.29, 1.82) is 0 Å². The number of halogens is 1. The topological polar surface area (TPSA) is 58.2 Å². The van der Waals surface area contributed by atoms with Gasteiger partial charge in [-0.05, 0) is 60.9 Å². The number of benzene rings is 2. The van der Waals surface area contributed by atoms with Crippen LogP contribution in [0.4, 0.5) is 10.1 Å². The fourth-order valence-corrected chi connectivity index (χ4v) is 3.87. The first kappa shape index (κ1) is 19.8. The fraction of sp³-hybridized carbons (Fsp3) is 0.182. The smallest absolute Gasteiger partial charge is 0.261 e. The van der Waals surface area contributed by atoms with Gasteiger partial charge in [-0.2, -0.15) is 0 Å². The molecular formula is C22H21FN2O2S. The summed E-state index contributed by atoms with van der Waals surface area (Å²) in [6.07, 6.45) is 0.905. The predicted octanol–water partition coefficient (Wildman–Crippen LogP) is 4.94. The molecule has 2 aromatic carbocycles. The van der Waals surface area contributed by atoms with Crippen molar-refractivity contribution < 1.29 is 14.0 Å². The number of aryl methyl sites for hydroxylation is 2. The minimum Gasteiger partial charge on any atom is -0.347 e. The highest BCUT2D eigenvalue weighted by atomic mass is 32.1. The molecule has 2 amide bonds. The summed E-state index contributed by atoms with van der Waals surface area (Å²) in [6, 6.07) is 14.7. The number of hydrogen-bond acceptors (Lipinski definition) is 3. The van der Waals surface area contributed by atoms with Crippen LogP contribution in [0.2, 0.25) is 0 Å². The second kappa shape index (κ2) is 8.80. The van der Waals surface area contributed by atoms with Crippen LogP contribution < -0.4 is 10.6 Å². The third-order valence-corrected chi connectivity index (χ3v) is 5.44. The van der Waals surface area contributed by atoms with Crippen molar-refractivity contribution in [3.63, 3.8) is 0 Å². The Hall–Kier alpha value is -2.99. The Morgan fingerprint density at radius 2 is 1.82 bits per heavy atom. The number of carbonyl (C=O) groups excluding carboxylic acids is 2. The van der Waals surface area contributed by atoms with Gasteiger partial charge >= 0.3 is 0 Å². The Bertz CT molecular complexity index is 1010. The molecule has 6 heteroatoms. The van der Waals surface area contributed by atoms with Gasteiger partial charge in [0.25, 0.3) is 11.8 Å². The maximum absolute atomic E-state index is 13.3. The lowest BCUT2D eigenvalue weighted by Gasteiger charge is -2.08. The largest absolute Gasteiger partial charge is 0.347 e. The molecule has 4 nitrogen and oxygen atoms in total. The lowest BCUT2D eigenvalue weighted by Crippen LogP contribution is -2.22. The first-order valence-electron chi connectivity index (χ1n) is 8.99. The molecule has 0 aliphatic heterocycles. The number of anilines is 1. The Morgan fingerprint density at radius 1 is 1.04 bits per heavy atom. The van der Waals surface area contributed by atoms with E-state index in [0.29, 0.717) is 17.1 Å². The summed E-state index contributed by atoms with van der Waals surface area (Å²) < 4.78 is 13.3. The van der Waals surface area contributed by atoms with Crippen molar-refractivity contribution >= 4 is 28.8 Å². The molecule has 2 N–H and O–H groups in total. The molecule has 0 atom stereocenters. The summed E-state index contributed by atoms with van der Waals surface area (Å²) >= 11 is 1.49. The first-order chi connectivity index (χ1) is 13.5. The van der Waals surface area contributed by atoms with Gasteiger partial charge < -0.3 is 10.6 Å². The third-order valence-electron chi connectivity index (χ3n) is 4.35. The summed E-state index contributed by atoms with van der Waals surface area (Å²) in [5, 5.41) is 5.66. The molecule has 0 aliphatic rings. The van der Waals surface area contributed by atoms with Crippen molar-refractivity contribution in [2.24, 2.45) is 0 Å². The fourth-order valence-electron chi connectivity index (χ4n) is 2.84. The maximum atomic E-state index is 13.3. The van der Waals surface area contributed by atoms with Crippen LogP contribution in [0.25, 0.3) is 0 Å². The molecule has 1 aromatic heterocycles. The molecule has 0 aliphatic carbocycles. The van der Waals surface area contributed by atoms with Gasteiger partial charge in [0, 0.05) is 22.7 Å². The predicted molar refractivity (Wildman–Crippen MR) is 110 cm³/mol. The summed E-state index contributed by atoms with van der Waals surface area (Å²) in [5.74, 6) is -0.956. The van der Waals surface area contributed by atoms with Gasteiger partial charge in [-0.25, -0.2) is 4.39 Å². The average Bonchev–Trinajstić information content (AvgIpc) is 3.07. The van der Waals surface area contributed by atoms with E-state index in [2.05, 4.69) is 17.6 Å². The zero-order valence-corrected chi connectivity index (χ0v) is 16.5. The minimum absolute atomic E-state index is 0.109. The molecule has 144 valence electrons. The lowest BCUT2D eigenvalue weighted by molar-refractivity contribution is 0.0954. The molecule has 0 unspecified atom stereocenters. The van der Waals surface area contributed by atoms with Crippen LogP contribution in [0.5, 0.6) is 0 Å². The number of carbonyl (C=O) groups is 2. The standard InChI is InChI=1S/C22H21FN2O2S/c1-3-16-12-20(28-14(16)2)22(27)24-13-15-6-4-9-19(10-15)25-21(26)17-7-5-8-18(23)11-17/h4-12H,3,13H2,1-2H3,(H,24,27)(H,25,26). The van der Waals surface area contributed by atoms with Crippen molar-refractivity contribution in [2.75, 3.05) is 5.32 Å². The Kier molecular flexibility index (Phi) is 6.21. The van der Waals surface area contributed by atoms with Crippen molar-refractivity contribution in [3.05, 3.63) is 86.9 Å². The second-order valence-electron chi connectivity index (χ2n) is 6.39. The van der Waals surface area contributed by atoms with E-state index in [0.717, 1.165) is 16.9 Å². The second-order valence-corrected chi connectivity index (χ2v) is 7.65. The Labute approximate surface area is 167 Å². The average molecular weight is 396 g/mol. The zero-order chi connectivity index (χ0) is 20.1. The lowest BCUT2D eigenvalue weighted by atomic mass is 10.1. The molecule has 0 spiro atoms. The van der Waals surface area contributed by atoms with Crippen molar-refractivity contribution in [1.82, 2.24) is 5.32 Å². The molecule has 1 heterocycles. The van der Waals surface area contributed by atoms with E-state index in [1.807, 2.05) is 19.1 Å². The highest BCUT2D eigenvalue weighted by molar-refractivity contribution is 7.14. The van der Waals surface area contributed by atoms with Crippen molar-refractivity contribution in [3.8, 4) is 0 Å². The minimum atomic E-state index is -0.459. The highest BCUT2D eigenvalue weighted by Gasteiger charge is 2.12. The molecule has 0 bridgehead atoms. The van der Waals surface area contributed by atoms with E-state index in [9.17, 15) is 14.0 Å². The van der Waals surface area contributed by atoms with Gasteiger partial charge in [0.1, 0.15) is 5.82 Å². The van der Waals surface area contributed by atoms with E-state index in [-0.39, 0.29) is 17.4 Å². The van der Waals surface area contributed by atoms with Crippen LogP contribution >= 0.6 is 11.3 Å². The molecular weight excluding hydrogens is 375 g/mol. The van der Waals surface area contributed by atoms with Gasteiger partial charge in [-0.3, -0.25) is 9.59 Å². The molecule has 3 rings (SSSR count). The van der Waals surface area contributed by atoms with E-state index in [4.69, 9.17) is 0 Å². The summed E-state index contributed by atoms with van der Waals surface area (Å²) in [5.41, 5.74) is 2.88. The monoisotopic (exact) mass is 396 g/mol. The summed E-state index contributed by atoms with van der Waals surface area (Å²) in [6.45, 7) is 4.44. The van der Waals surface area contributed by atoms with Crippen LogP contribution in [0.3, 0.4) is 0 Å².